The molecule has 3 nitrogen and oxygen atoms in total. The number of imidazole rings is 1. The monoisotopic (exact) mass is 353 g/mol. The number of nitrogens with zero attached hydrogens (tertiary/aromatic N) is 3. The molecular weight excluding hydrogens is 341 g/mol. The summed E-state index contributed by atoms with van der Waals surface area (Å²) in [6, 6.07) is 17.7. The van der Waals surface area contributed by atoms with Gasteiger partial charge in [0.2, 0.25) is 0 Å². The number of benzene rings is 2. The second-order valence-electron chi connectivity index (χ2n) is 5.49. The molecule has 0 unspecified atom stereocenters. The van der Waals surface area contributed by atoms with Crippen molar-refractivity contribution in [2.24, 2.45) is 0 Å². The molecule has 0 fully saturated rings. The second-order valence-corrected chi connectivity index (χ2v) is 6.31. The Morgan fingerprint density at radius 1 is 0.875 bits per heavy atom. The standard InChI is InChI=1S/C19H13Cl2N3/c20-15-6-5-13(11-16(15)21)12-24-18-4-2-1-3-17(18)23-19(24)14-7-9-22-10-8-14/h1-11H,12H2. The molecule has 0 saturated heterocycles. The van der Waals surface area contributed by atoms with Gasteiger partial charge in [0.15, 0.2) is 0 Å². The normalized spacial score (nSPS) is 11.1. The lowest BCUT2D eigenvalue weighted by atomic mass is 10.2. The molecule has 5 heteroatoms. The van der Waals surface area contributed by atoms with E-state index >= 15 is 0 Å². The number of hydrogen-bond donors (Lipinski definition) is 0. The molecule has 0 aliphatic carbocycles. The molecule has 4 rings (SSSR count). The molecule has 24 heavy (non-hydrogen) atoms. The van der Waals surface area contributed by atoms with E-state index in [1.807, 2.05) is 48.5 Å². The van der Waals surface area contributed by atoms with Gasteiger partial charge in [-0.25, -0.2) is 4.98 Å². The smallest absolute Gasteiger partial charge is 0.141 e. The number of halogens is 2. The Balaban J connectivity index is 1.87. The molecule has 0 atom stereocenters. The minimum atomic E-state index is 0.559. The van der Waals surface area contributed by atoms with Gasteiger partial charge in [-0.05, 0) is 42.0 Å². The van der Waals surface area contributed by atoms with Crippen molar-refractivity contribution >= 4 is 34.2 Å². The fourth-order valence-electron chi connectivity index (χ4n) is 2.78. The summed E-state index contributed by atoms with van der Waals surface area (Å²) in [5, 5.41) is 1.12. The van der Waals surface area contributed by atoms with Gasteiger partial charge in [0, 0.05) is 24.5 Å². The van der Waals surface area contributed by atoms with Crippen LogP contribution in [0.5, 0.6) is 0 Å². The SMILES string of the molecule is Clc1ccc(Cn2c(-c3ccncc3)nc3ccccc32)cc1Cl. The van der Waals surface area contributed by atoms with E-state index in [0.717, 1.165) is 28.0 Å². The van der Waals surface area contributed by atoms with Crippen molar-refractivity contribution in [2.45, 2.75) is 6.54 Å². The summed E-state index contributed by atoms with van der Waals surface area (Å²) >= 11 is 12.2. The van der Waals surface area contributed by atoms with Crippen LogP contribution in [-0.4, -0.2) is 14.5 Å². The zero-order valence-electron chi connectivity index (χ0n) is 12.7. The molecule has 0 N–H and O–H groups in total. The third-order valence-corrected chi connectivity index (χ3v) is 4.66. The highest BCUT2D eigenvalue weighted by Gasteiger charge is 2.13. The number of pyridine rings is 1. The van der Waals surface area contributed by atoms with Crippen molar-refractivity contribution < 1.29 is 0 Å². The van der Waals surface area contributed by atoms with Gasteiger partial charge in [-0.15, -0.1) is 0 Å². The van der Waals surface area contributed by atoms with E-state index in [2.05, 4.69) is 15.6 Å². The van der Waals surface area contributed by atoms with Crippen molar-refractivity contribution in [3.8, 4) is 11.4 Å². The average molecular weight is 354 g/mol. The summed E-state index contributed by atoms with van der Waals surface area (Å²) in [5.41, 5.74) is 4.14. The Morgan fingerprint density at radius 2 is 1.67 bits per heavy atom. The lowest BCUT2D eigenvalue weighted by Crippen LogP contribution is -2.02. The molecule has 0 bridgehead atoms. The largest absolute Gasteiger partial charge is 0.319 e. The summed E-state index contributed by atoms with van der Waals surface area (Å²) in [7, 11) is 0. The van der Waals surface area contributed by atoms with Crippen molar-refractivity contribution in [3.05, 3.63) is 82.6 Å². The van der Waals surface area contributed by atoms with Gasteiger partial charge in [0.25, 0.3) is 0 Å². The fourth-order valence-corrected chi connectivity index (χ4v) is 3.10. The maximum atomic E-state index is 6.16. The van der Waals surface area contributed by atoms with Gasteiger partial charge in [-0.1, -0.05) is 41.4 Å². The molecule has 0 saturated carbocycles. The van der Waals surface area contributed by atoms with Crippen LogP contribution in [0.4, 0.5) is 0 Å². The lowest BCUT2D eigenvalue weighted by Gasteiger charge is -2.10. The first-order valence-corrected chi connectivity index (χ1v) is 8.27. The molecule has 2 aromatic heterocycles. The summed E-state index contributed by atoms with van der Waals surface area (Å²) in [6.45, 7) is 0.662. The molecule has 0 amide bonds. The highest BCUT2D eigenvalue weighted by Crippen LogP contribution is 2.27. The molecule has 0 aliphatic rings. The first kappa shape index (κ1) is 15.2. The third kappa shape index (κ3) is 2.77. The summed E-state index contributed by atoms with van der Waals surface area (Å²) in [6.07, 6.45) is 3.55. The fraction of sp³-hybridized carbons (Fsp3) is 0.0526. The number of aromatic nitrogens is 3. The molecule has 0 aliphatic heterocycles. The minimum absolute atomic E-state index is 0.559. The van der Waals surface area contributed by atoms with Crippen LogP contribution in [0.2, 0.25) is 10.0 Å². The maximum Gasteiger partial charge on any atom is 0.141 e. The molecule has 2 heterocycles. The highest BCUT2D eigenvalue weighted by molar-refractivity contribution is 6.42. The van der Waals surface area contributed by atoms with Gasteiger partial charge >= 0.3 is 0 Å². The van der Waals surface area contributed by atoms with Crippen molar-refractivity contribution in [1.29, 1.82) is 0 Å². The van der Waals surface area contributed by atoms with Gasteiger partial charge < -0.3 is 4.57 Å². The number of hydrogen-bond acceptors (Lipinski definition) is 2. The van der Waals surface area contributed by atoms with E-state index in [-0.39, 0.29) is 0 Å². The Bertz CT molecular complexity index is 1010. The van der Waals surface area contributed by atoms with E-state index in [4.69, 9.17) is 28.2 Å². The van der Waals surface area contributed by atoms with E-state index < -0.39 is 0 Å². The number of para-hydroxylation sites is 2. The average Bonchev–Trinajstić information content (AvgIpc) is 2.98. The molecule has 4 aromatic rings. The zero-order valence-corrected chi connectivity index (χ0v) is 14.2. The van der Waals surface area contributed by atoms with Crippen molar-refractivity contribution in [1.82, 2.24) is 14.5 Å². The second kappa shape index (κ2) is 6.27. The van der Waals surface area contributed by atoms with E-state index in [9.17, 15) is 0 Å². The van der Waals surface area contributed by atoms with Gasteiger partial charge in [0.05, 0.1) is 21.1 Å². The van der Waals surface area contributed by atoms with Crippen LogP contribution in [-0.2, 0) is 6.54 Å². The quantitative estimate of drug-likeness (QED) is 0.490. The predicted molar refractivity (Wildman–Crippen MR) is 98.5 cm³/mol. The van der Waals surface area contributed by atoms with E-state index in [0.29, 0.717) is 16.6 Å². The number of rotatable bonds is 3. The molecular formula is C19H13Cl2N3. The van der Waals surface area contributed by atoms with Crippen LogP contribution in [0.1, 0.15) is 5.56 Å². The number of fused-ring (bicyclic) bond motifs is 1. The van der Waals surface area contributed by atoms with Crippen LogP contribution in [0, 0.1) is 0 Å². The molecule has 0 spiro atoms. The molecule has 2 aromatic carbocycles. The Hall–Kier alpha value is -2.36. The third-order valence-electron chi connectivity index (χ3n) is 3.92. The minimum Gasteiger partial charge on any atom is -0.319 e. The first-order chi connectivity index (χ1) is 11.7. The van der Waals surface area contributed by atoms with Crippen LogP contribution >= 0.6 is 23.2 Å². The van der Waals surface area contributed by atoms with E-state index in [1.54, 1.807) is 12.4 Å². The molecule has 0 radical (unpaired) electrons. The van der Waals surface area contributed by atoms with E-state index in [1.165, 1.54) is 0 Å². The highest BCUT2D eigenvalue weighted by atomic mass is 35.5. The first-order valence-electron chi connectivity index (χ1n) is 7.52. The van der Waals surface area contributed by atoms with Crippen molar-refractivity contribution in [3.63, 3.8) is 0 Å². The van der Waals surface area contributed by atoms with Crippen molar-refractivity contribution in [2.75, 3.05) is 0 Å². The maximum absolute atomic E-state index is 6.16. The summed E-state index contributed by atoms with van der Waals surface area (Å²) in [4.78, 5) is 8.89. The van der Waals surface area contributed by atoms with Crippen LogP contribution in [0.15, 0.2) is 67.0 Å². The Kier molecular flexibility index (Phi) is 3.97. The molecule has 118 valence electrons. The van der Waals surface area contributed by atoms with Crippen LogP contribution in [0.3, 0.4) is 0 Å². The topological polar surface area (TPSA) is 30.7 Å². The summed E-state index contributed by atoms with van der Waals surface area (Å²) in [5.74, 6) is 0.907. The van der Waals surface area contributed by atoms with Crippen LogP contribution in [0.25, 0.3) is 22.4 Å². The lowest BCUT2D eigenvalue weighted by molar-refractivity contribution is 0.834. The van der Waals surface area contributed by atoms with Gasteiger partial charge in [0.1, 0.15) is 5.82 Å². The van der Waals surface area contributed by atoms with Crippen LogP contribution < -0.4 is 0 Å². The Labute approximate surface area is 149 Å². The Morgan fingerprint density at radius 3 is 2.46 bits per heavy atom. The zero-order chi connectivity index (χ0) is 16.5. The van der Waals surface area contributed by atoms with Gasteiger partial charge in [-0.2, -0.15) is 0 Å². The predicted octanol–water partition coefficient (Wildman–Crippen LogP) is 5.45. The van der Waals surface area contributed by atoms with Gasteiger partial charge in [-0.3, -0.25) is 4.98 Å². The summed E-state index contributed by atoms with van der Waals surface area (Å²) < 4.78 is 2.18.